The molecule has 2 rings (SSSR count). The van der Waals surface area contributed by atoms with Crippen LogP contribution in [-0.2, 0) is 0 Å². The number of rotatable bonds is 0. The minimum Gasteiger partial charge on any atom is -0.313 e. The van der Waals surface area contributed by atoms with E-state index in [-0.39, 0.29) is 6.03 Å². The lowest BCUT2D eigenvalue weighted by Crippen LogP contribution is -2.38. The van der Waals surface area contributed by atoms with Crippen LogP contribution in [0.25, 0.3) is 0 Å². The first-order chi connectivity index (χ1) is 5.61. The summed E-state index contributed by atoms with van der Waals surface area (Å²) in [6, 6.07) is -0.744. The monoisotopic (exact) mass is 254 g/mol. The van der Waals surface area contributed by atoms with E-state index in [4.69, 9.17) is 11.8 Å². The SMILES string of the molecule is O=C1NC2C(N1)N(Br)C(=O)N2Cl. The highest BCUT2D eigenvalue weighted by Crippen LogP contribution is 2.27. The van der Waals surface area contributed by atoms with Gasteiger partial charge in [0.2, 0.25) is 0 Å². The second kappa shape index (κ2) is 2.40. The van der Waals surface area contributed by atoms with Crippen LogP contribution in [0.2, 0.25) is 0 Å². The minimum absolute atomic E-state index is 0.340. The number of nitrogens with one attached hydrogen (secondary N) is 2. The Labute approximate surface area is 81.3 Å². The molecule has 0 aromatic carbocycles. The van der Waals surface area contributed by atoms with E-state index in [1.807, 2.05) is 0 Å². The fourth-order valence-electron chi connectivity index (χ4n) is 1.16. The second-order valence-electron chi connectivity index (χ2n) is 2.41. The van der Waals surface area contributed by atoms with Gasteiger partial charge in [-0.1, -0.05) is 0 Å². The van der Waals surface area contributed by atoms with Crippen LogP contribution < -0.4 is 10.6 Å². The molecule has 2 fully saturated rings. The number of urea groups is 2. The summed E-state index contributed by atoms with van der Waals surface area (Å²) in [6.07, 6.45) is -0.950. The Morgan fingerprint density at radius 1 is 1.33 bits per heavy atom. The van der Waals surface area contributed by atoms with Crippen molar-refractivity contribution in [2.75, 3.05) is 0 Å². The highest BCUT2D eigenvalue weighted by molar-refractivity contribution is 9.07. The molecule has 0 aliphatic carbocycles. The molecule has 4 amide bonds. The van der Waals surface area contributed by atoms with Crippen molar-refractivity contribution in [1.82, 2.24) is 19.0 Å². The molecule has 2 N–H and O–H groups in total. The maximum absolute atomic E-state index is 11.1. The van der Waals surface area contributed by atoms with E-state index in [1.54, 1.807) is 0 Å². The number of carbonyl (C=O) groups excluding carboxylic acids is 2. The molecule has 8 heteroatoms. The zero-order valence-corrected chi connectivity index (χ0v) is 7.96. The molecule has 2 unspecified atom stereocenters. The summed E-state index contributed by atoms with van der Waals surface area (Å²) < 4.78 is 2.11. The average Bonchev–Trinajstić information content (AvgIpc) is 2.49. The van der Waals surface area contributed by atoms with Crippen molar-refractivity contribution >= 4 is 40.0 Å². The predicted molar refractivity (Wildman–Crippen MR) is 43.1 cm³/mol. The van der Waals surface area contributed by atoms with Gasteiger partial charge in [-0.15, -0.1) is 0 Å². The van der Waals surface area contributed by atoms with Gasteiger partial charge in [-0.2, -0.15) is 0 Å². The molecular formula is C4H4BrClN4O2. The summed E-state index contributed by atoms with van der Waals surface area (Å²) >= 11 is 8.56. The molecular weight excluding hydrogens is 251 g/mol. The number of hydrogen-bond acceptors (Lipinski definition) is 2. The van der Waals surface area contributed by atoms with Crippen LogP contribution in [0.15, 0.2) is 0 Å². The van der Waals surface area contributed by atoms with Gasteiger partial charge in [0.05, 0.1) is 16.1 Å². The maximum Gasteiger partial charge on any atom is 0.348 e. The summed E-state index contributed by atoms with van der Waals surface area (Å²) in [4.78, 5) is 21.9. The first kappa shape index (κ1) is 7.93. The van der Waals surface area contributed by atoms with E-state index >= 15 is 0 Å². The molecule has 2 saturated heterocycles. The molecule has 0 saturated carbocycles. The summed E-state index contributed by atoms with van der Waals surface area (Å²) in [5.41, 5.74) is 0. The lowest BCUT2D eigenvalue weighted by Gasteiger charge is -2.10. The molecule has 0 bridgehead atoms. The molecule has 66 valence electrons. The maximum atomic E-state index is 11.1. The van der Waals surface area contributed by atoms with Gasteiger partial charge >= 0.3 is 12.1 Å². The first-order valence-corrected chi connectivity index (χ1v) is 4.17. The Balaban J connectivity index is 2.26. The molecule has 12 heavy (non-hydrogen) atoms. The van der Waals surface area contributed by atoms with Crippen molar-refractivity contribution < 1.29 is 9.59 Å². The van der Waals surface area contributed by atoms with E-state index < -0.39 is 18.4 Å². The van der Waals surface area contributed by atoms with Gasteiger partial charge < -0.3 is 10.6 Å². The fraction of sp³-hybridized carbons (Fsp3) is 0.500. The van der Waals surface area contributed by atoms with Gasteiger partial charge in [0.1, 0.15) is 0 Å². The minimum atomic E-state index is -0.508. The Kier molecular flexibility index (Phi) is 1.58. The van der Waals surface area contributed by atoms with Crippen molar-refractivity contribution in [3.8, 4) is 0 Å². The van der Waals surface area contributed by atoms with Gasteiger partial charge in [-0.25, -0.2) is 17.9 Å². The normalized spacial score (nSPS) is 33.5. The van der Waals surface area contributed by atoms with E-state index in [1.165, 1.54) is 3.93 Å². The van der Waals surface area contributed by atoms with Gasteiger partial charge in [0.15, 0.2) is 12.3 Å². The Hall–Kier alpha value is -0.690. The molecule has 0 radical (unpaired) electrons. The average molecular weight is 255 g/mol. The van der Waals surface area contributed by atoms with Gasteiger partial charge in [-0.3, -0.25) is 0 Å². The number of halogens is 2. The molecule has 2 aliphatic heterocycles. The third-order valence-electron chi connectivity index (χ3n) is 1.71. The van der Waals surface area contributed by atoms with Crippen LogP contribution in [0, 0.1) is 0 Å². The van der Waals surface area contributed by atoms with Crippen molar-refractivity contribution in [3.63, 3.8) is 0 Å². The van der Waals surface area contributed by atoms with Crippen molar-refractivity contribution in [3.05, 3.63) is 0 Å². The molecule has 0 spiro atoms. The van der Waals surface area contributed by atoms with Gasteiger partial charge in [-0.05, 0) is 0 Å². The van der Waals surface area contributed by atoms with Gasteiger partial charge in [0, 0.05) is 11.8 Å². The summed E-state index contributed by atoms with van der Waals surface area (Å²) in [5.74, 6) is 0. The smallest absolute Gasteiger partial charge is 0.313 e. The van der Waals surface area contributed by atoms with Crippen LogP contribution in [0.5, 0.6) is 0 Å². The number of nitrogens with zero attached hydrogens (tertiary/aromatic N) is 2. The van der Waals surface area contributed by atoms with Crippen LogP contribution in [0.3, 0.4) is 0 Å². The van der Waals surface area contributed by atoms with Crippen molar-refractivity contribution in [1.29, 1.82) is 0 Å². The lowest BCUT2D eigenvalue weighted by atomic mass is 10.4. The Morgan fingerprint density at radius 2 is 1.92 bits per heavy atom. The molecule has 2 atom stereocenters. The van der Waals surface area contributed by atoms with E-state index in [2.05, 4.69) is 26.8 Å². The first-order valence-electron chi connectivity index (χ1n) is 3.12. The van der Waals surface area contributed by atoms with Crippen molar-refractivity contribution in [2.24, 2.45) is 0 Å². The number of hydrogen-bond donors (Lipinski definition) is 2. The Morgan fingerprint density at radius 3 is 2.50 bits per heavy atom. The number of carbonyl (C=O) groups is 2. The highest BCUT2D eigenvalue weighted by atomic mass is 79.9. The van der Waals surface area contributed by atoms with Crippen LogP contribution in [-0.4, -0.2) is 32.7 Å². The predicted octanol–water partition coefficient (Wildman–Crippen LogP) is 0.153. The Bertz CT molecular complexity index is 239. The molecule has 2 heterocycles. The number of amides is 4. The van der Waals surface area contributed by atoms with Crippen LogP contribution >= 0.6 is 27.9 Å². The summed E-state index contributed by atoms with van der Waals surface area (Å²) in [6.45, 7) is 0. The zero-order valence-electron chi connectivity index (χ0n) is 5.62. The highest BCUT2D eigenvalue weighted by Gasteiger charge is 2.50. The van der Waals surface area contributed by atoms with E-state index in [0.717, 1.165) is 4.42 Å². The molecule has 0 aromatic heterocycles. The molecule has 2 aliphatic rings. The van der Waals surface area contributed by atoms with E-state index in [0.29, 0.717) is 0 Å². The second-order valence-corrected chi connectivity index (χ2v) is 3.54. The third kappa shape index (κ3) is 0.862. The largest absolute Gasteiger partial charge is 0.348 e. The van der Waals surface area contributed by atoms with Crippen LogP contribution in [0.4, 0.5) is 9.59 Å². The summed E-state index contributed by atoms with van der Waals surface area (Å²) in [5, 5.41) is 4.99. The lowest BCUT2D eigenvalue weighted by molar-refractivity contribution is 0.218. The van der Waals surface area contributed by atoms with Gasteiger partial charge in [0.25, 0.3) is 0 Å². The van der Waals surface area contributed by atoms with Crippen LogP contribution in [0.1, 0.15) is 0 Å². The number of fused-ring (bicyclic) bond motifs is 1. The topological polar surface area (TPSA) is 64.7 Å². The standard InChI is InChI=1S/C4H4BrClN4O2/c5-9-1-2(8-3(11)7-1)10(6)4(9)12/h1-2H,(H2,7,8,11). The zero-order chi connectivity index (χ0) is 8.88. The molecule has 0 aromatic rings. The van der Waals surface area contributed by atoms with Crippen molar-refractivity contribution in [2.45, 2.75) is 12.3 Å². The fourth-order valence-corrected chi connectivity index (χ4v) is 1.98. The third-order valence-corrected chi connectivity index (χ3v) is 2.81. The summed E-state index contributed by atoms with van der Waals surface area (Å²) in [7, 11) is 0. The van der Waals surface area contributed by atoms with E-state index in [9.17, 15) is 9.59 Å². The molecule has 6 nitrogen and oxygen atoms in total. The quantitative estimate of drug-likeness (QED) is 0.605.